The molecule has 0 bridgehead atoms. The fraction of sp³-hybridized carbons (Fsp3) is 0.571. The monoisotopic (exact) mass is 234 g/mol. The van der Waals surface area contributed by atoms with Crippen LogP contribution in [0.4, 0.5) is 5.69 Å². The van der Waals surface area contributed by atoms with Crippen molar-refractivity contribution in [1.29, 1.82) is 0 Å². The van der Waals surface area contributed by atoms with Crippen LogP contribution in [0.5, 0.6) is 0 Å². The Balaban J connectivity index is 2.10. The minimum Gasteiger partial charge on any atom is -0.374 e. The van der Waals surface area contributed by atoms with Crippen LogP contribution in [0.3, 0.4) is 0 Å². The number of nitrogens with zero attached hydrogens (tertiary/aromatic N) is 1. The molecule has 1 aliphatic heterocycles. The van der Waals surface area contributed by atoms with Gasteiger partial charge in [-0.2, -0.15) is 0 Å². The van der Waals surface area contributed by atoms with Gasteiger partial charge < -0.3 is 15.4 Å². The maximum absolute atomic E-state index is 5.71. The summed E-state index contributed by atoms with van der Waals surface area (Å²) in [7, 11) is 0. The Hall–Kier alpha value is -1.06. The number of aryl methyl sites for hydroxylation is 2. The van der Waals surface area contributed by atoms with Crippen molar-refractivity contribution in [3.8, 4) is 0 Å². The number of morpholine rings is 1. The molecule has 2 N–H and O–H groups in total. The van der Waals surface area contributed by atoms with Crippen LogP contribution < -0.4 is 10.6 Å². The molecule has 1 atom stereocenters. The summed E-state index contributed by atoms with van der Waals surface area (Å²) in [5.74, 6) is 0. The molecular formula is C14H22N2O. The minimum absolute atomic E-state index is 0.287. The molecule has 1 aliphatic rings. The summed E-state index contributed by atoms with van der Waals surface area (Å²) in [5, 5.41) is 0. The van der Waals surface area contributed by atoms with Gasteiger partial charge in [-0.05, 0) is 38.4 Å². The van der Waals surface area contributed by atoms with Crippen molar-refractivity contribution in [2.75, 3.05) is 31.1 Å². The van der Waals surface area contributed by atoms with Gasteiger partial charge in [-0.15, -0.1) is 0 Å². The first kappa shape index (κ1) is 12.4. The zero-order valence-electron chi connectivity index (χ0n) is 10.8. The molecule has 0 aliphatic carbocycles. The Labute approximate surface area is 104 Å². The summed E-state index contributed by atoms with van der Waals surface area (Å²) in [6.07, 6.45) is 1.23. The number of benzene rings is 1. The van der Waals surface area contributed by atoms with Gasteiger partial charge in [0, 0.05) is 18.8 Å². The first-order chi connectivity index (χ1) is 8.20. The molecule has 1 unspecified atom stereocenters. The second-order valence-corrected chi connectivity index (χ2v) is 4.81. The highest BCUT2D eigenvalue weighted by Gasteiger charge is 2.20. The van der Waals surface area contributed by atoms with Gasteiger partial charge in [-0.3, -0.25) is 0 Å². The molecule has 1 heterocycles. The topological polar surface area (TPSA) is 38.5 Å². The Morgan fingerprint density at radius 3 is 2.94 bits per heavy atom. The highest BCUT2D eigenvalue weighted by molar-refractivity contribution is 5.54. The van der Waals surface area contributed by atoms with Crippen LogP contribution in [0, 0.1) is 13.8 Å². The third kappa shape index (κ3) is 2.99. The third-order valence-electron chi connectivity index (χ3n) is 3.32. The molecule has 1 saturated heterocycles. The van der Waals surface area contributed by atoms with Gasteiger partial charge >= 0.3 is 0 Å². The van der Waals surface area contributed by atoms with Gasteiger partial charge in [0.2, 0.25) is 0 Å². The van der Waals surface area contributed by atoms with Gasteiger partial charge in [-0.1, -0.05) is 17.7 Å². The Morgan fingerprint density at radius 1 is 1.41 bits per heavy atom. The fourth-order valence-corrected chi connectivity index (χ4v) is 2.46. The van der Waals surface area contributed by atoms with Crippen molar-refractivity contribution in [3.63, 3.8) is 0 Å². The van der Waals surface area contributed by atoms with Crippen molar-refractivity contribution in [1.82, 2.24) is 0 Å². The number of nitrogens with two attached hydrogens (primary N) is 1. The molecule has 3 heteroatoms. The predicted octanol–water partition coefficient (Wildman–Crippen LogP) is 1.86. The first-order valence-electron chi connectivity index (χ1n) is 6.34. The summed E-state index contributed by atoms with van der Waals surface area (Å²) in [4.78, 5) is 2.42. The van der Waals surface area contributed by atoms with E-state index in [9.17, 15) is 0 Å². The van der Waals surface area contributed by atoms with Crippen LogP contribution in [0.15, 0.2) is 18.2 Å². The number of rotatable bonds is 3. The highest BCUT2D eigenvalue weighted by atomic mass is 16.5. The van der Waals surface area contributed by atoms with Gasteiger partial charge in [0.1, 0.15) is 0 Å². The molecule has 1 aromatic rings. The van der Waals surface area contributed by atoms with E-state index in [4.69, 9.17) is 10.5 Å². The second kappa shape index (κ2) is 5.52. The van der Waals surface area contributed by atoms with E-state index in [-0.39, 0.29) is 6.10 Å². The maximum Gasteiger partial charge on any atom is 0.0762 e. The molecule has 94 valence electrons. The largest absolute Gasteiger partial charge is 0.374 e. The lowest BCUT2D eigenvalue weighted by Gasteiger charge is -2.35. The average Bonchev–Trinajstić information content (AvgIpc) is 2.29. The van der Waals surface area contributed by atoms with E-state index >= 15 is 0 Å². The van der Waals surface area contributed by atoms with Crippen LogP contribution in [0.1, 0.15) is 17.5 Å². The summed E-state index contributed by atoms with van der Waals surface area (Å²) in [6, 6.07) is 6.63. The summed E-state index contributed by atoms with van der Waals surface area (Å²) in [5.41, 5.74) is 9.59. The number of anilines is 1. The van der Waals surface area contributed by atoms with Crippen LogP contribution in [-0.4, -0.2) is 32.3 Å². The summed E-state index contributed by atoms with van der Waals surface area (Å²) in [6.45, 7) is 7.75. The smallest absolute Gasteiger partial charge is 0.0762 e. The van der Waals surface area contributed by atoms with Crippen molar-refractivity contribution >= 4 is 5.69 Å². The van der Waals surface area contributed by atoms with Gasteiger partial charge in [-0.25, -0.2) is 0 Å². The molecule has 0 spiro atoms. The van der Waals surface area contributed by atoms with Gasteiger partial charge in [0.15, 0.2) is 0 Å². The van der Waals surface area contributed by atoms with Crippen molar-refractivity contribution in [2.45, 2.75) is 26.4 Å². The lowest BCUT2D eigenvalue weighted by atomic mass is 10.1. The van der Waals surface area contributed by atoms with Crippen molar-refractivity contribution in [3.05, 3.63) is 29.3 Å². The summed E-state index contributed by atoms with van der Waals surface area (Å²) >= 11 is 0. The van der Waals surface area contributed by atoms with E-state index in [0.717, 1.165) is 26.1 Å². The Bertz CT molecular complexity index is 376. The van der Waals surface area contributed by atoms with Gasteiger partial charge in [0.05, 0.1) is 12.7 Å². The fourth-order valence-electron chi connectivity index (χ4n) is 2.46. The standard InChI is InChI=1S/C14H22N2O/c1-11-3-4-14(12(2)9-11)16-7-8-17-13(10-16)5-6-15/h3-4,9,13H,5-8,10,15H2,1-2H3. The third-order valence-corrected chi connectivity index (χ3v) is 3.32. The SMILES string of the molecule is Cc1ccc(N2CCOC(CCN)C2)c(C)c1. The molecule has 0 radical (unpaired) electrons. The molecule has 2 rings (SSSR count). The number of ether oxygens (including phenoxy) is 1. The quantitative estimate of drug-likeness (QED) is 0.867. The van der Waals surface area contributed by atoms with E-state index in [1.165, 1.54) is 16.8 Å². The maximum atomic E-state index is 5.71. The highest BCUT2D eigenvalue weighted by Crippen LogP contribution is 2.23. The lowest BCUT2D eigenvalue weighted by molar-refractivity contribution is 0.0368. The number of hydrogen-bond donors (Lipinski definition) is 1. The van der Waals surface area contributed by atoms with Crippen LogP contribution in [0.2, 0.25) is 0 Å². The Kier molecular flexibility index (Phi) is 4.02. The van der Waals surface area contributed by atoms with Crippen molar-refractivity contribution in [2.24, 2.45) is 5.73 Å². The lowest BCUT2D eigenvalue weighted by Crippen LogP contribution is -2.43. The normalized spacial score (nSPS) is 20.6. The summed E-state index contributed by atoms with van der Waals surface area (Å²) < 4.78 is 5.71. The van der Waals surface area contributed by atoms with Crippen LogP contribution >= 0.6 is 0 Å². The molecule has 1 aromatic carbocycles. The number of hydrogen-bond acceptors (Lipinski definition) is 3. The van der Waals surface area contributed by atoms with E-state index in [1.807, 2.05) is 0 Å². The minimum atomic E-state index is 0.287. The van der Waals surface area contributed by atoms with E-state index in [1.54, 1.807) is 0 Å². The average molecular weight is 234 g/mol. The molecule has 1 fully saturated rings. The zero-order valence-corrected chi connectivity index (χ0v) is 10.8. The molecule has 17 heavy (non-hydrogen) atoms. The van der Waals surface area contributed by atoms with Crippen LogP contribution in [0.25, 0.3) is 0 Å². The molecular weight excluding hydrogens is 212 g/mol. The molecule has 3 nitrogen and oxygen atoms in total. The first-order valence-corrected chi connectivity index (χ1v) is 6.34. The molecule has 0 aromatic heterocycles. The zero-order chi connectivity index (χ0) is 12.3. The van der Waals surface area contributed by atoms with E-state index in [2.05, 4.69) is 36.9 Å². The predicted molar refractivity (Wildman–Crippen MR) is 71.5 cm³/mol. The van der Waals surface area contributed by atoms with Gasteiger partial charge in [0.25, 0.3) is 0 Å². The molecule has 0 amide bonds. The van der Waals surface area contributed by atoms with E-state index < -0.39 is 0 Å². The molecule has 0 saturated carbocycles. The Morgan fingerprint density at radius 2 is 2.24 bits per heavy atom. The van der Waals surface area contributed by atoms with Crippen molar-refractivity contribution < 1.29 is 4.74 Å². The van der Waals surface area contributed by atoms with E-state index in [0.29, 0.717) is 6.54 Å². The second-order valence-electron chi connectivity index (χ2n) is 4.81. The van der Waals surface area contributed by atoms with Crippen LogP contribution in [-0.2, 0) is 4.74 Å².